The third kappa shape index (κ3) is 4.66. The summed E-state index contributed by atoms with van der Waals surface area (Å²) in [6.07, 6.45) is 3.03. The lowest BCUT2D eigenvalue weighted by Gasteiger charge is -2.48. The number of hydrogen-bond acceptors (Lipinski definition) is 3. The van der Waals surface area contributed by atoms with E-state index in [4.69, 9.17) is 4.74 Å². The van der Waals surface area contributed by atoms with Crippen LogP contribution in [-0.2, 0) is 28.2 Å². The molecule has 1 aliphatic carbocycles. The Hall–Kier alpha value is -3.07. The van der Waals surface area contributed by atoms with Crippen molar-refractivity contribution in [1.29, 1.82) is 0 Å². The average molecular weight is 414 g/mol. The molecule has 0 saturated heterocycles. The topological polar surface area (TPSA) is 29.5 Å². The normalized spacial score (nSPS) is 20.0. The molecule has 3 nitrogen and oxygen atoms in total. The molecule has 1 aliphatic rings. The van der Waals surface area contributed by atoms with Gasteiger partial charge in [0.15, 0.2) is 0 Å². The van der Waals surface area contributed by atoms with E-state index >= 15 is 0 Å². The number of benzene rings is 3. The number of hydrogen-bond donors (Lipinski definition) is 0. The molecule has 160 valence electrons. The molecule has 0 spiro atoms. The number of anilines is 1. The van der Waals surface area contributed by atoms with Crippen molar-refractivity contribution < 1.29 is 9.53 Å². The van der Waals surface area contributed by atoms with E-state index in [0.717, 1.165) is 37.9 Å². The van der Waals surface area contributed by atoms with Gasteiger partial charge in [-0.3, -0.25) is 4.79 Å². The van der Waals surface area contributed by atoms with E-state index in [2.05, 4.69) is 96.8 Å². The van der Waals surface area contributed by atoms with E-state index in [9.17, 15) is 4.79 Å². The van der Waals surface area contributed by atoms with Crippen LogP contribution in [0.25, 0.3) is 0 Å². The van der Waals surface area contributed by atoms with Crippen LogP contribution in [0, 0.1) is 5.92 Å². The second kappa shape index (κ2) is 9.38. The molecule has 0 N–H and O–H groups in total. The predicted molar refractivity (Wildman–Crippen MR) is 126 cm³/mol. The van der Waals surface area contributed by atoms with Crippen molar-refractivity contribution >= 4 is 11.7 Å². The van der Waals surface area contributed by atoms with Crippen molar-refractivity contribution in [3.63, 3.8) is 0 Å². The van der Waals surface area contributed by atoms with Crippen LogP contribution in [0.5, 0.6) is 0 Å². The van der Waals surface area contributed by atoms with Gasteiger partial charge < -0.3 is 9.64 Å². The summed E-state index contributed by atoms with van der Waals surface area (Å²) in [5, 5.41) is 0. The Morgan fingerprint density at radius 1 is 0.903 bits per heavy atom. The zero-order valence-electron chi connectivity index (χ0n) is 18.5. The third-order valence-corrected chi connectivity index (χ3v) is 6.50. The molecule has 0 aromatic heterocycles. The Morgan fingerprint density at radius 3 is 1.87 bits per heavy atom. The molecule has 2 atom stereocenters. The van der Waals surface area contributed by atoms with Gasteiger partial charge in [-0.25, -0.2) is 0 Å². The SMILES string of the molecule is CCC1CCC1(OC(C)=O)c1ccc(N(Cc2ccccc2)Cc2ccccc2)cc1. The van der Waals surface area contributed by atoms with E-state index in [0.29, 0.717) is 5.92 Å². The average Bonchev–Trinajstić information content (AvgIpc) is 2.78. The molecular weight excluding hydrogens is 382 g/mol. The first-order valence-corrected chi connectivity index (χ1v) is 11.2. The largest absolute Gasteiger partial charge is 0.454 e. The summed E-state index contributed by atoms with van der Waals surface area (Å²) in [7, 11) is 0. The molecule has 0 radical (unpaired) electrons. The monoisotopic (exact) mass is 413 g/mol. The lowest BCUT2D eigenvalue weighted by atomic mass is 9.64. The third-order valence-electron chi connectivity index (χ3n) is 6.50. The van der Waals surface area contributed by atoms with Crippen LogP contribution in [0.15, 0.2) is 84.9 Å². The minimum Gasteiger partial charge on any atom is -0.454 e. The van der Waals surface area contributed by atoms with Crippen LogP contribution in [0.2, 0.25) is 0 Å². The van der Waals surface area contributed by atoms with E-state index in [-0.39, 0.29) is 5.97 Å². The van der Waals surface area contributed by atoms with Crippen molar-refractivity contribution in [3.05, 3.63) is 102 Å². The lowest BCUT2D eigenvalue weighted by Crippen LogP contribution is -2.47. The van der Waals surface area contributed by atoms with Gasteiger partial charge in [-0.2, -0.15) is 0 Å². The van der Waals surface area contributed by atoms with Gasteiger partial charge in [0.1, 0.15) is 5.60 Å². The number of rotatable bonds is 8. The smallest absolute Gasteiger partial charge is 0.303 e. The van der Waals surface area contributed by atoms with Crippen molar-refractivity contribution in [2.45, 2.75) is 51.8 Å². The lowest BCUT2D eigenvalue weighted by molar-refractivity contribution is -0.183. The van der Waals surface area contributed by atoms with Crippen LogP contribution in [0.3, 0.4) is 0 Å². The maximum atomic E-state index is 11.8. The van der Waals surface area contributed by atoms with Crippen molar-refractivity contribution in [2.24, 2.45) is 5.92 Å². The standard InChI is InChI=1S/C28H31NO2/c1-3-25-18-19-28(25,31-22(2)30)26-14-16-27(17-15-26)29(20-23-10-6-4-7-11-23)21-24-12-8-5-9-13-24/h4-17,25H,3,18-21H2,1-2H3. The minimum atomic E-state index is -0.456. The van der Waals surface area contributed by atoms with Crippen molar-refractivity contribution in [2.75, 3.05) is 4.90 Å². The fourth-order valence-electron chi connectivity index (χ4n) is 4.77. The van der Waals surface area contributed by atoms with Gasteiger partial charge in [0, 0.05) is 31.6 Å². The zero-order chi connectivity index (χ0) is 21.7. The molecule has 31 heavy (non-hydrogen) atoms. The van der Waals surface area contributed by atoms with Crippen molar-refractivity contribution in [3.8, 4) is 0 Å². The summed E-state index contributed by atoms with van der Waals surface area (Å²) in [6.45, 7) is 5.37. The van der Waals surface area contributed by atoms with Crippen LogP contribution >= 0.6 is 0 Å². The number of ether oxygens (including phenoxy) is 1. The highest BCUT2D eigenvalue weighted by molar-refractivity contribution is 5.67. The summed E-state index contributed by atoms with van der Waals surface area (Å²) in [5.41, 5.74) is 4.39. The van der Waals surface area contributed by atoms with E-state index in [1.807, 2.05) is 0 Å². The molecular formula is C28H31NO2. The van der Waals surface area contributed by atoms with Gasteiger partial charge in [-0.1, -0.05) is 79.7 Å². The van der Waals surface area contributed by atoms with E-state index < -0.39 is 5.60 Å². The van der Waals surface area contributed by atoms with Gasteiger partial charge in [0.2, 0.25) is 0 Å². The Kier molecular flexibility index (Phi) is 6.41. The van der Waals surface area contributed by atoms with Crippen LogP contribution in [0.1, 0.15) is 49.8 Å². The van der Waals surface area contributed by atoms with Gasteiger partial charge >= 0.3 is 5.97 Å². The van der Waals surface area contributed by atoms with Gasteiger partial charge in [0.05, 0.1) is 0 Å². The molecule has 0 aliphatic heterocycles. The Morgan fingerprint density at radius 2 is 1.45 bits per heavy atom. The Labute approximate surface area is 185 Å². The number of nitrogens with zero attached hydrogens (tertiary/aromatic N) is 1. The molecule has 1 fully saturated rings. The molecule has 0 heterocycles. The summed E-state index contributed by atoms with van der Waals surface area (Å²) in [4.78, 5) is 14.2. The summed E-state index contributed by atoms with van der Waals surface area (Å²) < 4.78 is 5.90. The molecule has 3 aromatic rings. The fourth-order valence-corrected chi connectivity index (χ4v) is 4.77. The predicted octanol–water partition coefficient (Wildman–Crippen LogP) is 6.47. The highest BCUT2D eigenvalue weighted by Crippen LogP contribution is 2.51. The maximum Gasteiger partial charge on any atom is 0.303 e. The molecule has 0 amide bonds. The molecule has 3 aromatic carbocycles. The highest BCUT2D eigenvalue weighted by Gasteiger charge is 2.50. The second-order valence-corrected chi connectivity index (χ2v) is 8.50. The summed E-state index contributed by atoms with van der Waals surface area (Å²) >= 11 is 0. The minimum absolute atomic E-state index is 0.197. The molecule has 3 heteroatoms. The zero-order valence-corrected chi connectivity index (χ0v) is 18.5. The molecule has 0 bridgehead atoms. The fraction of sp³-hybridized carbons (Fsp3) is 0.321. The Bertz CT molecular complexity index is 941. The van der Waals surface area contributed by atoms with Gasteiger partial charge in [-0.05, 0) is 48.1 Å². The first-order chi connectivity index (χ1) is 15.1. The van der Waals surface area contributed by atoms with Gasteiger partial charge in [-0.15, -0.1) is 0 Å². The van der Waals surface area contributed by atoms with Gasteiger partial charge in [0.25, 0.3) is 0 Å². The van der Waals surface area contributed by atoms with E-state index in [1.165, 1.54) is 23.7 Å². The first-order valence-electron chi connectivity index (χ1n) is 11.2. The highest BCUT2D eigenvalue weighted by atomic mass is 16.6. The van der Waals surface area contributed by atoms with Crippen LogP contribution < -0.4 is 4.90 Å². The quantitative estimate of drug-likeness (QED) is 0.396. The first kappa shape index (κ1) is 21.2. The maximum absolute atomic E-state index is 11.8. The molecule has 2 unspecified atom stereocenters. The number of esters is 1. The number of carbonyl (C=O) groups is 1. The van der Waals surface area contributed by atoms with Crippen LogP contribution in [0.4, 0.5) is 5.69 Å². The Balaban J connectivity index is 1.61. The van der Waals surface area contributed by atoms with Crippen LogP contribution in [-0.4, -0.2) is 5.97 Å². The summed E-state index contributed by atoms with van der Waals surface area (Å²) in [6, 6.07) is 29.8. The number of carbonyl (C=O) groups excluding carboxylic acids is 1. The second-order valence-electron chi connectivity index (χ2n) is 8.50. The summed E-state index contributed by atoms with van der Waals surface area (Å²) in [5.74, 6) is 0.198. The van der Waals surface area contributed by atoms with Crippen molar-refractivity contribution in [1.82, 2.24) is 0 Å². The molecule has 4 rings (SSSR count). The van der Waals surface area contributed by atoms with E-state index in [1.54, 1.807) is 0 Å². The molecule has 1 saturated carbocycles.